The highest BCUT2D eigenvalue weighted by Gasteiger charge is 2.83. The molecule has 38 heavy (non-hydrogen) atoms. The first-order valence-corrected chi connectivity index (χ1v) is 14.6. The SMILES string of the molecule is CC(=O)O.CO[C@@]12CC[C@@]3(C[C@@H]1[C@](C)(O)C(C)(C)C)[C@H]1Cc4ccc(O)c5c4[C@@]3(CC[NH+]1CC1CC1)[C@H]2O5. The number of aromatic hydroxyl groups is 1. The molecule has 2 heterocycles. The lowest BCUT2D eigenvalue weighted by Gasteiger charge is -2.74. The largest absolute Gasteiger partial charge is 0.504 e. The molecule has 1 aromatic rings. The molecule has 8 rings (SSSR count). The van der Waals surface area contributed by atoms with Crippen LogP contribution in [0.5, 0.6) is 11.5 Å². The first-order chi connectivity index (χ1) is 17.7. The number of quaternary nitrogens is 1. The van der Waals surface area contributed by atoms with Crippen molar-refractivity contribution in [2.24, 2.45) is 22.7 Å². The van der Waals surface area contributed by atoms with E-state index in [4.69, 9.17) is 19.4 Å². The molecular weight excluding hydrogens is 482 g/mol. The number of benzene rings is 1. The Morgan fingerprint density at radius 2 is 1.87 bits per heavy atom. The van der Waals surface area contributed by atoms with Crippen LogP contribution in [0.15, 0.2) is 12.1 Å². The van der Waals surface area contributed by atoms with E-state index in [-0.39, 0.29) is 34.0 Å². The second-order valence-electron chi connectivity index (χ2n) is 14.5. The Morgan fingerprint density at radius 3 is 2.47 bits per heavy atom. The fourth-order valence-electron chi connectivity index (χ4n) is 9.82. The number of rotatable bonds is 4. The van der Waals surface area contributed by atoms with E-state index in [0.29, 0.717) is 6.04 Å². The molecule has 8 atom stereocenters. The zero-order valence-electron chi connectivity index (χ0n) is 23.9. The van der Waals surface area contributed by atoms with E-state index in [1.54, 1.807) is 4.90 Å². The maximum absolute atomic E-state index is 12.2. The number of hydrogen-bond donors (Lipinski definition) is 4. The molecule has 0 amide bonds. The number of carboxylic acids is 1. The average Bonchev–Trinajstić information content (AvgIpc) is 3.58. The molecule has 4 N–H and O–H groups in total. The molecular formula is C31H46NO6+. The van der Waals surface area contributed by atoms with E-state index in [1.165, 1.54) is 37.1 Å². The van der Waals surface area contributed by atoms with Crippen LogP contribution >= 0.6 is 0 Å². The molecule has 4 bridgehead atoms. The number of fused-ring (bicyclic) bond motifs is 2. The number of phenolic OH excluding ortho intramolecular Hbond substituents is 1. The van der Waals surface area contributed by atoms with E-state index in [2.05, 4.69) is 26.8 Å². The highest BCUT2D eigenvalue weighted by Crippen LogP contribution is 2.76. The van der Waals surface area contributed by atoms with Gasteiger partial charge in [0.2, 0.25) is 0 Å². The summed E-state index contributed by atoms with van der Waals surface area (Å²) in [5.41, 5.74) is 0.900. The molecule has 1 aromatic carbocycles. The van der Waals surface area contributed by atoms with Crippen LogP contribution in [0.25, 0.3) is 0 Å². The minimum atomic E-state index is -0.899. The zero-order valence-corrected chi connectivity index (χ0v) is 23.9. The van der Waals surface area contributed by atoms with E-state index < -0.39 is 17.2 Å². The van der Waals surface area contributed by atoms with Crippen molar-refractivity contribution in [3.63, 3.8) is 0 Å². The fourth-order valence-corrected chi connectivity index (χ4v) is 9.82. The molecule has 1 saturated heterocycles. The van der Waals surface area contributed by atoms with Crippen molar-refractivity contribution in [1.82, 2.24) is 0 Å². The topological polar surface area (TPSA) is 101 Å². The van der Waals surface area contributed by atoms with Gasteiger partial charge in [0.05, 0.1) is 30.1 Å². The number of likely N-dealkylation sites (tertiary alicyclic amines) is 1. The summed E-state index contributed by atoms with van der Waals surface area (Å²) in [5, 5.41) is 30.6. The van der Waals surface area contributed by atoms with Gasteiger partial charge in [-0.15, -0.1) is 0 Å². The Kier molecular flexibility index (Phi) is 5.63. The lowest BCUT2D eigenvalue weighted by atomic mass is 9.33. The van der Waals surface area contributed by atoms with Gasteiger partial charge in [0.1, 0.15) is 11.7 Å². The van der Waals surface area contributed by atoms with E-state index in [1.807, 2.05) is 20.1 Å². The number of phenols is 1. The standard InChI is InChI=1S/C29H41NO4.C2H4O2/c1-25(2,3)26(4,32)20-15-27-10-11-29(20,33-5)24-28(27)12-13-30(16-17-6-7-17)21(27)14-18-8-9-19(31)23(34-24)22(18)28;1-2(3)4/h8-9,17,20-21,24,31-32H,6-7,10-16H2,1-5H3;1H3,(H,3,4)/p+1/t20-,21-,24-,26+,27-,28+,29+;/m1./s1. The Morgan fingerprint density at radius 1 is 1.18 bits per heavy atom. The van der Waals surface area contributed by atoms with Crippen LogP contribution in [0.2, 0.25) is 0 Å². The van der Waals surface area contributed by atoms with Crippen LogP contribution in [0.3, 0.4) is 0 Å². The van der Waals surface area contributed by atoms with Crippen molar-refractivity contribution < 1.29 is 34.5 Å². The third-order valence-corrected chi connectivity index (χ3v) is 12.1. The second-order valence-corrected chi connectivity index (χ2v) is 14.5. The molecule has 2 aliphatic heterocycles. The minimum Gasteiger partial charge on any atom is -0.504 e. The number of aliphatic hydroxyl groups is 1. The van der Waals surface area contributed by atoms with E-state index in [9.17, 15) is 10.2 Å². The van der Waals surface area contributed by atoms with Gasteiger partial charge in [-0.3, -0.25) is 4.79 Å². The normalized spacial score (nSPS) is 41.3. The van der Waals surface area contributed by atoms with Crippen molar-refractivity contribution in [3.8, 4) is 11.5 Å². The van der Waals surface area contributed by atoms with E-state index >= 15 is 0 Å². The Balaban J connectivity index is 0.000000620. The summed E-state index contributed by atoms with van der Waals surface area (Å²) in [4.78, 5) is 10.8. The van der Waals surface area contributed by atoms with Crippen LogP contribution in [0.1, 0.15) is 84.3 Å². The number of nitrogens with one attached hydrogen (secondary N) is 1. The Labute approximate surface area is 226 Å². The second kappa shape index (κ2) is 8.11. The first kappa shape index (κ1) is 26.4. The van der Waals surface area contributed by atoms with Crippen molar-refractivity contribution in [3.05, 3.63) is 23.3 Å². The number of ether oxygens (including phenoxy) is 2. The molecule has 210 valence electrons. The molecule has 4 saturated carbocycles. The molecule has 5 fully saturated rings. The van der Waals surface area contributed by atoms with Crippen molar-refractivity contribution in [1.29, 1.82) is 0 Å². The summed E-state index contributed by atoms with van der Waals surface area (Å²) in [7, 11) is 1.83. The van der Waals surface area contributed by atoms with Crippen molar-refractivity contribution in [2.75, 3.05) is 20.2 Å². The quantitative estimate of drug-likeness (QED) is 0.479. The number of hydrogen-bond acceptors (Lipinski definition) is 5. The van der Waals surface area contributed by atoms with Gasteiger partial charge in [0.25, 0.3) is 5.97 Å². The van der Waals surface area contributed by atoms with Crippen LogP contribution in [0, 0.1) is 22.7 Å². The van der Waals surface area contributed by atoms with Gasteiger partial charge < -0.3 is 29.7 Å². The van der Waals surface area contributed by atoms with Gasteiger partial charge in [-0.25, -0.2) is 0 Å². The van der Waals surface area contributed by atoms with Gasteiger partial charge in [0.15, 0.2) is 11.5 Å². The van der Waals surface area contributed by atoms with Gasteiger partial charge in [-0.1, -0.05) is 26.8 Å². The van der Waals surface area contributed by atoms with Crippen molar-refractivity contribution in [2.45, 2.75) is 108 Å². The molecule has 0 aromatic heterocycles. The van der Waals surface area contributed by atoms with Gasteiger partial charge in [-0.2, -0.15) is 0 Å². The number of aliphatic carboxylic acids is 1. The molecule has 2 spiro atoms. The summed E-state index contributed by atoms with van der Waals surface area (Å²) in [5.74, 6) is 1.04. The summed E-state index contributed by atoms with van der Waals surface area (Å²) < 4.78 is 13.5. The molecule has 5 aliphatic carbocycles. The fraction of sp³-hybridized carbons (Fsp3) is 0.774. The maximum Gasteiger partial charge on any atom is 0.300 e. The number of carboxylic acid groups (broad SMARTS) is 1. The summed E-state index contributed by atoms with van der Waals surface area (Å²) >= 11 is 0. The lowest BCUT2D eigenvalue weighted by Crippen LogP contribution is -3.21. The number of piperidine rings is 1. The first-order valence-electron chi connectivity index (χ1n) is 14.6. The molecule has 0 radical (unpaired) electrons. The highest BCUT2D eigenvalue weighted by molar-refractivity contribution is 5.63. The Hall–Kier alpha value is -1.83. The number of carbonyl (C=O) groups is 1. The third-order valence-electron chi connectivity index (χ3n) is 12.1. The van der Waals surface area contributed by atoms with Gasteiger partial charge in [0, 0.05) is 49.7 Å². The van der Waals surface area contributed by atoms with Crippen LogP contribution < -0.4 is 9.64 Å². The minimum absolute atomic E-state index is 0.0161. The Bertz CT molecular complexity index is 1150. The lowest BCUT2D eigenvalue weighted by molar-refractivity contribution is -0.945. The van der Waals surface area contributed by atoms with Crippen LogP contribution in [-0.2, 0) is 21.4 Å². The maximum atomic E-state index is 12.2. The van der Waals surface area contributed by atoms with Crippen LogP contribution in [0.4, 0.5) is 0 Å². The average molecular weight is 529 g/mol. The third kappa shape index (κ3) is 3.15. The van der Waals surface area contributed by atoms with Crippen molar-refractivity contribution >= 4 is 5.97 Å². The zero-order chi connectivity index (χ0) is 27.5. The summed E-state index contributed by atoms with van der Waals surface area (Å²) in [6, 6.07) is 4.57. The number of methoxy groups -OCH3 is 1. The molecule has 7 heteroatoms. The molecule has 7 nitrogen and oxygen atoms in total. The van der Waals surface area contributed by atoms with Crippen LogP contribution in [-0.4, -0.2) is 64.8 Å². The van der Waals surface area contributed by atoms with Gasteiger partial charge in [-0.05, 0) is 56.1 Å². The van der Waals surface area contributed by atoms with Gasteiger partial charge >= 0.3 is 0 Å². The van der Waals surface area contributed by atoms with E-state index in [0.717, 1.165) is 50.7 Å². The predicted molar refractivity (Wildman–Crippen MR) is 143 cm³/mol. The summed E-state index contributed by atoms with van der Waals surface area (Å²) in [6.07, 6.45) is 7.82. The summed E-state index contributed by atoms with van der Waals surface area (Å²) in [6.45, 7) is 12.1. The highest BCUT2D eigenvalue weighted by atomic mass is 16.6. The molecule has 7 aliphatic rings. The monoisotopic (exact) mass is 528 g/mol. The smallest absolute Gasteiger partial charge is 0.300 e. The predicted octanol–water partition coefficient (Wildman–Crippen LogP) is 3.09. The molecule has 1 unspecified atom stereocenters.